The Morgan fingerprint density at radius 2 is 1.50 bits per heavy atom. The summed E-state index contributed by atoms with van der Waals surface area (Å²) in [6, 6.07) is 20.9. The highest BCUT2D eigenvalue weighted by Crippen LogP contribution is 2.12. The SMILES string of the molecule is c1ccc(C[n+]2cc[nH]c2-c2ccccc2)cc1. The van der Waals surface area contributed by atoms with Crippen LogP contribution >= 0.6 is 0 Å². The molecule has 2 aromatic carbocycles. The van der Waals surface area contributed by atoms with Gasteiger partial charge in [0.05, 0.1) is 5.56 Å². The van der Waals surface area contributed by atoms with Gasteiger partial charge in [-0.15, -0.1) is 0 Å². The topological polar surface area (TPSA) is 19.7 Å². The van der Waals surface area contributed by atoms with E-state index < -0.39 is 0 Å². The number of nitrogens with zero attached hydrogens (tertiary/aromatic N) is 1. The minimum Gasteiger partial charge on any atom is -0.243 e. The van der Waals surface area contributed by atoms with Crippen molar-refractivity contribution in [2.45, 2.75) is 6.54 Å². The Bertz CT molecular complexity index is 612. The molecule has 1 N–H and O–H groups in total. The van der Waals surface area contributed by atoms with Gasteiger partial charge in [-0.05, 0) is 17.7 Å². The molecule has 18 heavy (non-hydrogen) atoms. The van der Waals surface area contributed by atoms with Gasteiger partial charge in [-0.2, -0.15) is 0 Å². The molecule has 1 heterocycles. The van der Waals surface area contributed by atoms with Crippen LogP contribution in [0.15, 0.2) is 73.1 Å². The summed E-state index contributed by atoms with van der Waals surface area (Å²) in [5.74, 6) is 1.14. The van der Waals surface area contributed by atoms with Crippen LogP contribution in [0.2, 0.25) is 0 Å². The predicted molar refractivity (Wildman–Crippen MR) is 72.0 cm³/mol. The maximum absolute atomic E-state index is 3.31. The van der Waals surface area contributed by atoms with Gasteiger partial charge in [0.1, 0.15) is 18.9 Å². The van der Waals surface area contributed by atoms with Crippen molar-refractivity contribution in [3.05, 3.63) is 78.6 Å². The van der Waals surface area contributed by atoms with Gasteiger partial charge in [0.15, 0.2) is 0 Å². The molecule has 0 aliphatic rings. The normalized spacial score (nSPS) is 10.4. The summed E-state index contributed by atoms with van der Waals surface area (Å²) in [7, 11) is 0. The molecule has 1 aromatic heterocycles. The average Bonchev–Trinajstić information content (AvgIpc) is 2.89. The van der Waals surface area contributed by atoms with E-state index in [0.29, 0.717) is 0 Å². The molecule has 0 unspecified atom stereocenters. The zero-order chi connectivity index (χ0) is 12.2. The summed E-state index contributed by atoms with van der Waals surface area (Å²) in [6.45, 7) is 0.883. The first-order valence-electron chi connectivity index (χ1n) is 6.09. The third-order valence-electron chi connectivity index (χ3n) is 3.00. The Balaban J connectivity index is 1.93. The number of aromatic nitrogens is 2. The number of hydrogen-bond acceptors (Lipinski definition) is 0. The fourth-order valence-corrected chi connectivity index (χ4v) is 2.12. The smallest absolute Gasteiger partial charge is 0.243 e. The van der Waals surface area contributed by atoms with E-state index in [9.17, 15) is 0 Å². The van der Waals surface area contributed by atoms with Crippen LogP contribution in [-0.2, 0) is 6.54 Å². The molecule has 0 atom stereocenters. The first-order valence-corrected chi connectivity index (χ1v) is 6.09. The largest absolute Gasteiger partial charge is 0.286 e. The van der Waals surface area contributed by atoms with Crippen molar-refractivity contribution in [1.29, 1.82) is 0 Å². The molecule has 0 aliphatic heterocycles. The average molecular weight is 235 g/mol. The molecule has 0 saturated heterocycles. The predicted octanol–water partition coefficient (Wildman–Crippen LogP) is 3.02. The lowest BCUT2D eigenvalue weighted by atomic mass is 10.2. The molecule has 0 amide bonds. The van der Waals surface area contributed by atoms with Crippen molar-refractivity contribution in [2.75, 3.05) is 0 Å². The van der Waals surface area contributed by atoms with Gasteiger partial charge in [0, 0.05) is 0 Å². The molecule has 0 aliphatic carbocycles. The number of nitrogens with one attached hydrogen (secondary N) is 1. The molecule has 0 radical (unpaired) electrons. The van der Waals surface area contributed by atoms with Crippen LogP contribution < -0.4 is 4.57 Å². The fourth-order valence-electron chi connectivity index (χ4n) is 2.12. The van der Waals surface area contributed by atoms with E-state index >= 15 is 0 Å². The third kappa shape index (κ3) is 2.18. The van der Waals surface area contributed by atoms with E-state index in [1.807, 2.05) is 18.3 Å². The van der Waals surface area contributed by atoms with Crippen LogP contribution in [0.4, 0.5) is 0 Å². The third-order valence-corrected chi connectivity index (χ3v) is 3.00. The van der Waals surface area contributed by atoms with E-state index in [1.54, 1.807) is 0 Å². The molecule has 3 aromatic rings. The first kappa shape index (κ1) is 10.8. The number of imidazole rings is 1. The highest BCUT2D eigenvalue weighted by atomic mass is 15.1. The lowest BCUT2D eigenvalue weighted by Crippen LogP contribution is -2.34. The molecular weight excluding hydrogens is 220 g/mol. The molecule has 2 heteroatoms. The standard InChI is InChI=1S/C16H14N2/c1-3-7-14(8-4-1)13-18-12-11-17-16(18)15-9-5-2-6-10-15/h1-12H,13H2/p+1. The van der Waals surface area contributed by atoms with E-state index in [1.165, 1.54) is 11.1 Å². The Morgan fingerprint density at radius 1 is 0.833 bits per heavy atom. The van der Waals surface area contributed by atoms with Gasteiger partial charge < -0.3 is 0 Å². The Kier molecular flexibility index (Phi) is 2.92. The number of hydrogen-bond donors (Lipinski definition) is 1. The van der Waals surface area contributed by atoms with Crippen molar-refractivity contribution < 1.29 is 4.57 Å². The van der Waals surface area contributed by atoms with Gasteiger partial charge in [-0.3, -0.25) is 0 Å². The van der Waals surface area contributed by atoms with Gasteiger partial charge in [0.2, 0.25) is 0 Å². The highest BCUT2D eigenvalue weighted by Gasteiger charge is 2.12. The maximum atomic E-state index is 3.31. The minimum absolute atomic E-state index is 0.883. The number of aromatic amines is 1. The summed E-state index contributed by atoms with van der Waals surface area (Å²) < 4.78 is 2.23. The van der Waals surface area contributed by atoms with Crippen LogP contribution in [0.25, 0.3) is 11.4 Å². The molecule has 0 bridgehead atoms. The van der Waals surface area contributed by atoms with Gasteiger partial charge >= 0.3 is 0 Å². The van der Waals surface area contributed by atoms with Crippen molar-refractivity contribution >= 4 is 0 Å². The molecule has 2 nitrogen and oxygen atoms in total. The Hall–Kier alpha value is -2.35. The second-order valence-corrected chi connectivity index (χ2v) is 4.29. The molecule has 88 valence electrons. The fraction of sp³-hybridized carbons (Fsp3) is 0.0625. The maximum Gasteiger partial charge on any atom is 0.286 e. The molecule has 0 spiro atoms. The highest BCUT2D eigenvalue weighted by molar-refractivity contribution is 5.51. The van der Waals surface area contributed by atoms with Gasteiger partial charge in [-0.25, -0.2) is 9.55 Å². The quantitative estimate of drug-likeness (QED) is 0.673. The van der Waals surface area contributed by atoms with E-state index in [2.05, 4.69) is 64.3 Å². The Morgan fingerprint density at radius 3 is 2.22 bits per heavy atom. The minimum atomic E-state index is 0.883. The first-order chi connectivity index (χ1) is 8.93. The second kappa shape index (κ2) is 4.88. The molecule has 0 fully saturated rings. The summed E-state index contributed by atoms with van der Waals surface area (Å²) in [6.07, 6.45) is 4.06. The monoisotopic (exact) mass is 235 g/mol. The summed E-state index contributed by atoms with van der Waals surface area (Å²) >= 11 is 0. The lowest BCUT2D eigenvalue weighted by Gasteiger charge is -2.01. The van der Waals surface area contributed by atoms with E-state index in [0.717, 1.165) is 12.4 Å². The second-order valence-electron chi connectivity index (χ2n) is 4.29. The lowest BCUT2D eigenvalue weighted by molar-refractivity contribution is -0.676. The van der Waals surface area contributed by atoms with Crippen molar-refractivity contribution in [3.8, 4) is 11.4 Å². The van der Waals surface area contributed by atoms with Crippen LogP contribution in [0.3, 0.4) is 0 Å². The zero-order valence-electron chi connectivity index (χ0n) is 10.1. The van der Waals surface area contributed by atoms with Crippen LogP contribution in [0.1, 0.15) is 5.56 Å². The summed E-state index contributed by atoms with van der Waals surface area (Å²) in [4.78, 5) is 3.31. The van der Waals surface area contributed by atoms with E-state index in [-0.39, 0.29) is 0 Å². The molecule has 0 saturated carbocycles. The number of benzene rings is 2. The number of rotatable bonds is 3. The van der Waals surface area contributed by atoms with Crippen LogP contribution in [-0.4, -0.2) is 4.98 Å². The summed E-state index contributed by atoms with van der Waals surface area (Å²) in [5, 5.41) is 0. The number of H-pyrrole nitrogens is 1. The van der Waals surface area contributed by atoms with Gasteiger partial charge in [0.25, 0.3) is 5.82 Å². The molecule has 3 rings (SSSR count). The van der Waals surface area contributed by atoms with Crippen molar-refractivity contribution in [3.63, 3.8) is 0 Å². The zero-order valence-corrected chi connectivity index (χ0v) is 10.1. The van der Waals surface area contributed by atoms with E-state index in [4.69, 9.17) is 0 Å². The van der Waals surface area contributed by atoms with Crippen LogP contribution in [0, 0.1) is 0 Å². The van der Waals surface area contributed by atoms with Crippen molar-refractivity contribution in [1.82, 2.24) is 4.98 Å². The van der Waals surface area contributed by atoms with Gasteiger partial charge in [-0.1, -0.05) is 48.5 Å². The summed E-state index contributed by atoms with van der Waals surface area (Å²) in [5.41, 5.74) is 2.51. The van der Waals surface area contributed by atoms with Crippen LogP contribution in [0.5, 0.6) is 0 Å². The van der Waals surface area contributed by atoms with Crippen molar-refractivity contribution in [2.24, 2.45) is 0 Å². The Labute approximate surface area is 107 Å². The molecular formula is C16H15N2+.